The summed E-state index contributed by atoms with van der Waals surface area (Å²) in [4.78, 5) is 31.9. The lowest BCUT2D eigenvalue weighted by atomic mass is 9.93. The van der Waals surface area contributed by atoms with Crippen molar-refractivity contribution in [2.24, 2.45) is 0 Å². The Morgan fingerprint density at radius 3 is 2.31 bits per heavy atom. The van der Waals surface area contributed by atoms with Crippen molar-refractivity contribution >= 4 is 17.4 Å². The summed E-state index contributed by atoms with van der Waals surface area (Å²) in [5, 5.41) is 11.2. The van der Waals surface area contributed by atoms with E-state index in [2.05, 4.69) is 25.4 Å². The van der Waals surface area contributed by atoms with Gasteiger partial charge < -0.3 is 14.7 Å². The Morgan fingerprint density at radius 1 is 1.06 bits per heavy atom. The number of aliphatic hydroxyl groups is 1. The van der Waals surface area contributed by atoms with E-state index in [1.165, 1.54) is 4.90 Å². The largest absolute Gasteiger partial charge is 0.507 e. The monoisotopic (exact) mass is 468 g/mol. The highest BCUT2D eigenvalue weighted by atomic mass is 16.5. The molecule has 6 nitrogen and oxygen atoms in total. The van der Waals surface area contributed by atoms with Crippen LogP contribution in [0.25, 0.3) is 5.76 Å². The Kier molecular flexibility index (Phi) is 7.11. The van der Waals surface area contributed by atoms with Gasteiger partial charge in [-0.15, -0.1) is 0 Å². The van der Waals surface area contributed by atoms with Crippen LogP contribution in [-0.2, 0) is 16.1 Å². The normalized spacial score (nSPS) is 17.1. The second kappa shape index (κ2) is 10.4. The van der Waals surface area contributed by atoms with Crippen molar-refractivity contribution in [3.05, 3.63) is 114 Å². The molecule has 1 atom stereocenters. The quantitative estimate of drug-likeness (QED) is 0.207. The van der Waals surface area contributed by atoms with E-state index in [0.717, 1.165) is 16.7 Å². The minimum Gasteiger partial charge on any atom is -0.507 e. The van der Waals surface area contributed by atoms with Gasteiger partial charge in [-0.05, 0) is 59.0 Å². The smallest absolute Gasteiger partial charge is 0.295 e. The fraction of sp³-hybridized carbons (Fsp3) is 0.207. The maximum Gasteiger partial charge on any atom is 0.295 e. The van der Waals surface area contributed by atoms with Gasteiger partial charge >= 0.3 is 0 Å². The molecule has 1 fully saturated rings. The van der Waals surface area contributed by atoms with Gasteiger partial charge in [-0.1, -0.05) is 50.8 Å². The van der Waals surface area contributed by atoms with Gasteiger partial charge in [-0.2, -0.15) is 0 Å². The van der Waals surface area contributed by atoms with Crippen molar-refractivity contribution in [3.63, 3.8) is 0 Å². The lowest BCUT2D eigenvalue weighted by molar-refractivity contribution is -0.140. The molecule has 2 heterocycles. The molecule has 0 bridgehead atoms. The summed E-state index contributed by atoms with van der Waals surface area (Å²) in [5.41, 5.74) is 3.25. The van der Waals surface area contributed by atoms with Gasteiger partial charge in [0.05, 0.1) is 11.6 Å². The molecule has 4 rings (SSSR count). The average Bonchev–Trinajstić information content (AvgIpc) is 3.13. The second-order valence-electron chi connectivity index (χ2n) is 8.73. The van der Waals surface area contributed by atoms with Gasteiger partial charge in [-0.3, -0.25) is 14.6 Å². The number of benzene rings is 2. The summed E-state index contributed by atoms with van der Waals surface area (Å²) in [6.45, 7) is 8.41. The highest BCUT2D eigenvalue weighted by Crippen LogP contribution is 2.40. The van der Waals surface area contributed by atoms with E-state index < -0.39 is 17.7 Å². The third-order valence-electron chi connectivity index (χ3n) is 6.06. The molecular weight excluding hydrogens is 440 g/mol. The molecule has 0 spiro atoms. The molecule has 0 radical (unpaired) electrons. The van der Waals surface area contributed by atoms with Crippen LogP contribution >= 0.6 is 0 Å². The number of carbonyl (C=O) groups is 2. The zero-order valence-corrected chi connectivity index (χ0v) is 19.8. The fourth-order valence-electron chi connectivity index (χ4n) is 4.16. The number of nitrogens with zero attached hydrogens (tertiary/aromatic N) is 2. The first kappa shape index (κ1) is 24.0. The summed E-state index contributed by atoms with van der Waals surface area (Å²) < 4.78 is 5.51. The molecule has 2 aromatic carbocycles. The van der Waals surface area contributed by atoms with E-state index in [1.807, 2.05) is 24.3 Å². The van der Waals surface area contributed by atoms with Gasteiger partial charge in [0.15, 0.2) is 0 Å². The molecule has 3 aromatic rings. The molecule has 178 valence electrons. The van der Waals surface area contributed by atoms with E-state index in [1.54, 1.807) is 54.9 Å². The molecule has 1 amide bonds. The SMILES string of the molecule is C=CCOc1ccc(/C(O)=C2\C(=O)C(=O)N(Cc3ccncc3)C2c2ccc(C(C)C)cc2)cc1. The van der Waals surface area contributed by atoms with Gasteiger partial charge in [0, 0.05) is 24.5 Å². The van der Waals surface area contributed by atoms with Crippen molar-refractivity contribution in [1.82, 2.24) is 9.88 Å². The molecule has 1 N–H and O–H groups in total. The second-order valence-corrected chi connectivity index (χ2v) is 8.73. The molecule has 1 aliphatic heterocycles. The fourth-order valence-corrected chi connectivity index (χ4v) is 4.16. The first-order chi connectivity index (χ1) is 16.9. The third kappa shape index (κ3) is 5.01. The van der Waals surface area contributed by atoms with Crippen LogP contribution in [0, 0.1) is 0 Å². The van der Waals surface area contributed by atoms with Crippen molar-refractivity contribution in [1.29, 1.82) is 0 Å². The van der Waals surface area contributed by atoms with Crippen molar-refractivity contribution in [2.75, 3.05) is 6.61 Å². The number of likely N-dealkylation sites (tertiary alicyclic amines) is 1. The van der Waals surface area contributed by atoms with Crippen LogP contribution in [0.2, 0.25) is 0 Å². The van der Waals surface area contributed by atoms with E-state index in [-0.39, 0.29) is 17.9 Å². The average molecular weight is 469 g/mol. The molecule has 1 unspecified atom stereocenters. The van der Waals surface area contributed by atoms with Crippen LogP contribution in [0.3, 0.4) is 0 Å². The molecule has 0 saturated carbocycles. The summed E-state index contributed by atoms with van der Waals surface area (Å²) >= 11 is 0. The minimum absolute atomic E-state index is 0.0705. The Balaban J connectivity index is 1.79. The number of hydrogen-bond donors (Lipinski definition) is 1. The van der Waals surface area contributed by atoms with Crippen LogP contribution in [0.5, 0.6) is 5.75 Å². The van der Waals surface area contributed by atoms with Crippen LogP contribution < -0.4 is 4.74 Å². The third-order valence-corrected chi connectivity index (χ3v) is 6.06. The topological polar surface area (TPSA) is 79.7 Å². The first-order valence-electron chi connectivity index (χ1n) is 11.5. The first-order valence-corrected chi connectivity index (χ1v) is 11.5. The van der Waals surface area contributed by atoms with Crippen molar-refractivity contribution < 1.29 is 19.4 Å². The number of ether oxygens (including phenoxy) is 1. The van der Waals surface area contributed by atoms with Gasteiger partial charge in [-0.25, -0.2) is 0 Å². The summed E-state index contributed by atoms with van der Waals surface area (Å²) in [7, 11) is 0. The molecule has 1 aliphatic rings. The Bertz CT molecular complexity index is 1250. The summed E-state index contributed by atoms with van der Waals surface area (Å²) in [6, 6.07) is 17.5. The molecular formula is C29H28N2O4. The van der Waals surface area contributed by atoms with Crippen molar-refractivity contribution in [2.45, 2.75) is 32.4 Å². The number of rotatable bonds is 8. The zero-order valence-electron chi connectivity index (χ0n) is 19.8. The number of carbonyl (C=O) groups excluding carboxylic acids is 2. The van der Waals surface area contributed by atoms with Crippen LogP contribution in [0.4, 0.5) is 0 Å². The maximum absolute atomic E-state index is 13.2. The predicted octanol–water partition coefficient (Wildman–Crippen LogP) is 5.39. The molecule has 0 aliphatic carbocycles. The standard InChI is InChI=1S/C29H28N2O4/c1-4-17-35-24-11-9-23(10-12-24)27(32)25-26(22-7-5-21(6-8-22)19(2)3)31(29(34)28(25)33)18-20-13-15-30-16-14-20/h4-16,19,26,32H,1,17-18H2,2-3H3/b27-25+. The Hall–Kier alpha value is -4.19. The van der Waals surface area contributed by atoms with Gasteiger partial charge in [0.1, 0.15) is 18.1 Å². The number of hydrogen-bond acceptors (Lipinski definition) is 5. The molecule has 1 aromatic heterocycles. The number of aromatic nitrogens is 1. The van der Waals surface area contributed by atoms with Crippen LogP contribution in [-0.4, -0.2) is 33.3 Å². The van der Waals surface area contributed by atoms with Gasteiger partial charge in [0.25, 0.3) is 11.7 Å². The van der Waals surface area contributed by atoms with E-state index in [4.69, 9.17) is 4.74 Å². The molecule has 1 saturated heterocycles. The highest BCUT2D eigenvalue weighted by Gasteiger charge is 2.46. The highest BCUT2D eigenvalue weighted by molar-refractivity contribution is 6.46. The zero-order chi connectivity index (χ0) is 24.9. The minimum atomic E-state index is -0.721. The van der Waals surface area contributed by atoms with E-state index >= 15 is 0 Å². The lowest BCUT2D eigenvalue weighted by Gasteiger charge is -2.25. The van der Waals surface area contributed by atoms with Crippen molar-refractivity contribution in [3.8, 4) is 5.75 Å². The summed E-state index contributed by atoms with van der Waals surface area (Å²) in [5.74, 6) is -0.614. The number of ketones is 1. The lowest BCUT2D eigenvalue weighted by Crippen LogP contribution is -2.29. The summed E-state index contributed by atoms with van der Waals surface area (Å²) in [6.07, 6.45) is 4.94. The van der Waals surface area contributed by atoms with Gasteiger partial charge in [0.2, 0.25) is 0 Å². The van der Waals surface area contributed by atoms with E-state index in [9.17, 15) is 14.7 Å². The van der Waals surface area contributed by atoms with Crippen LogP contribution in [0.15, 0.2) is 91.3 Å². The molecule has 6 heteroatoms. The number of aliphatic hydroxyl groups excluding tert-OH is 1. The number of Topliss-reactive ketones (excluding diaryl/α,β-unsaturated/α-hetero) is 1. The number of amides is 1. The van der Waals surface area contributed by atoms with Crippen LogP contribution in [0.1, 0.15) is 48.1 Å². The Labute approximate surface area is 205 Å². The number of pyridine rings is 1. The Morgan fingerprint density at radius 2 is 1.71 bits per heavy atom. The van der Waals surface area contributed by atoms with E-state index in [0.29, 0.717) is 23.8 Å². The maximum atomic E-state index is 13.2. The predicted molar refractivity (Wildman–Crippen MR) is 135 cm³/mol. The molecule has 35 heavy (non-hydrogen) atoms.